The van der Waals surface area contributed by atoms with E-state index in [0.717, 1.165) is 12.0 Å². The minimum atomic E-state index is 0.911. The van der Waals surface area contributed by atoms with Crippen LogP contribution >= 0.6 is 0 Å². The topological polar surface area (TPSA) is 9.72 Å². The molecule has 3 nitrogen and oxygen atoms in total. The van der Waals surface area contributed by atoms with Crippen molar-refractivity contribution in [3.8, 4) is 0 Å². The third-order valence-electron chi connectivity index (χ3n) is 6.80. The van der Waals surface area contributed by atoms with E-state index in [0.29, 0.717) is 0 Å². The molecule has 4 rings (SSSR count). The molecule has 3 heteroatoms. The zero-order valence-electron chi connectivity index (χ0n) is 17.8. The number of hydrogen-bond acceptors (Lipinski definition) is 3. The first-order chi connectivity index (χ1) is 13.2. The van der Waals surface area contributed by atoms with Gasteiger partial charge in [0.25, 0.3) is 0 Å². The molecule has 0 radical (unpaired) electrons. The number of hydrogen-bond donors (Lipinski definition) is 0. The SMILES string of the molecule is CN1CCC(Cc2ccccc2)CC1.CN1CCC(N2CCCCC2)CC1. The van der Waals surface area contributed by atoms with Crippen LogP contribution in [0.4, 0.5) is 0 Å². The fraction of sp³-hybridized carbons (Fsp3) is 0.750. The first kappa shape index (κ1) is 20.8. The first-order valence-electron chi connectivity index (χ1n) is 11.4. The maximum atomic E-state index is 2.73. The van der Waals surface area contributed by atoms with Gasteiger partial charge >= 0.3 is 0 Å². The van der Waals surface area contributed by atoms with Crippen LogP contribution in [-0.2, 0) is 6.42 Å². The summed E-state index contributed by atoms with van der Waals surface area (Å²) in [4.78, 5) is 7.62. The highest BCUT2D eigenvalue weighted by Crippen LogP contribution is 2.21. The molecule has 0 amide bonds. The van der Waals surface area contributed by atoms with Crippen molar-refractivity contribution in [3.63, 3.8) is 0 Å². The van der Waals surface area contributed by atoms with Crippen LogP contribution in [0.5, 0.6) is 0 Å². The van der Waals surface area contributed by atoms with Crippen molar-refractivity contribution in [1.82, 2.24) is 14.7 Å². The van der Waals surface area contributed by atoms with Gasteiger partial charge in [-0.25, -0.2) is 0 Å². The van der Waals surface area contributed by atoms with Gasteiger partial charge in [-0.05, 0) is 110 Å². The summed E-state index contributed by atoms with van der Waals surface area (Å²) in [6, 6.07) is 11.8. The van der Waals surface area contributed by atoms with Crippen molar-refractivity contribution >= 4 is 0 Å². The number of benzene rings is 1. The zero-order valence-corrected chi connectivity index (χ0v) is 17.8. The zero-order chi connectivity index (χ0) is 18.9. The number of rotatable bonds is 3. The molecule has 0 unspecified atom stereocenters. The largest absolute Gasteiger partial charge is 0.306 e. The van der Waals surface area contributed by atoms with Gasteiger partial charge in [-0.3, -0.25) is 0 Å². The van der Waals surface area contributed by atoms with E-state index in [2.05, 4.69) is 59.1 Å². The molecule has 27 heavy (non-hydrogen) atoms. The Kier molecular flexibility index (Phi) is 8.63. The van der Waals surface area contributed by atoms with E-state index in [1.165, 1.54) is 96.2 Å². The molecule has 0 atom stereocenters. The standard InChI is InChI=1S/C13H19N.C11H22N2/c1-14-9-7-13(8-10-14)11-12-5-3-2-4-6-12;1-12-9-5-11(6-10-12)13-7-3-2-4-8-13/h2-6,13H,7-11H2,1H3;11H,2-10H2,1H3. The van der Waals surface area contributed by atoms with Crippen LogP contribution in [0.15, 0.2) is 30.3 Å². The van der Waals surface area contributed by atoms with Crippen molar-refractivity contribution in [2.24, 2.45) is 5.92 Å². The summed E-state index contributed by atoms with van der Waals surface area (Å²) in [6.07, 6.45) is 11.1. The van der Waals surface area contributed by atoms with Crippen LogP contribution in [0, 0.1) is 5.92 Å². The summed E-state index contributed by atoms with van der Waals surface area (Å²) < 4.78 is 0. The van der Waals surface area contributed by atoms with Gasteiger partial charge in [-0.2, -0.15) is 0 Å². The highest BCUT2D eigenvalue weighted by Gasteiger charge is 2.23. The van der Waals surface area contributed by atoms with Gasteiger partial charge < -0.3 is 14.7 Å². The Bertz CT molecular complexity index is 496. The van der Waals surface area contributed by atoms with E-state index in [1.54, 1.807) is 0 Å². The predicted octanol–water partition coefficient (Wildman–Crippen LogP) is 4.14. The van der Waals surface area contributed by atoms with Crippen LogP contribution in [-0.4, -0.2) is 74.1 Å². The van der Waals surface area contributed by atoms with E-state index < -0.39 is 0 Å². The fourth-order valence-corrected chi connectivity index (χ4v) is 4.86. The molecule has 3 heterocycles. The van der Waals surface area contributed by atoms with E-state index in [9.17, 15) is 0 Å². The van der Waals surface area contributed by atoms with E-state index in [4.69, 9.17) is 0 Å². The van der Waals surface area contributed by atoms with E-state index >= 15 is 0 Å². The maximum absolute atomic E-state index is 2.73. The Hall–Kier alpha value is -0.900. The van der Waals surface area contributed by atoms with E-state index in [-0.39, 0.29) is 0 Å². The van der Waals surface area contributed by atoms with Crippen molar-refractivity contribution in [3.05, 3.63) is 35.9 Å². The van der Waals surface area contributed by atoms with Crippen LogP contribution in [0.25, 0.3) is 0 Å². The molecule has 0 aliphatic carbocycles. The lowest BCUT2D eigenvalue weighted by Crippen LogP contribution is -2.45. The molecule has 3 aliphatic rings. The van der Waals surface area contributed by atoms with E-state index in [1.807, 2.05) is 0 Å². The Morgan fingerprint density at radius 1 is 0.704 bits per heavy atom. The fourth-order valence-electron chi connectivity index (χ4n) is 4.86. The van der Waals surface area contributed by atoms with Gasteiger partial charge in [-0.1, -0.05) is 36.8 Å². The average Bonchev–Trinajstić information content (AvgIpc) is 2.72. The molecule has 0 N–H and O–H groups in total. The highest BCUT2D eigenvalue weighted by atomic mass is 15.2. The molecule has 0 saturated carbocycles. The number of nitrogens with zero attached hydrogens (tertiary/aromatic N) is 3. The Balaban J connectivity index is 0.000000156. The van der Waals surface area contributed by atoms with Gasteiger partial charge in [0.15, 0.2) is 0 Å². The lowest BCUT2D eigenvalue weighted by atomic mass is 9.90. The van der Waals surface area contributed by atoms with Gasteiger partial charge in [0.2, 0.25) is 0 Å². The van der Waals surface area contributed by atoms with Crippen molar-refractivity contribution < 1.29 is 0 Å². The van der Waals surface area contributed by atoms with Gasteiger partial charge in [-0.15, -0.1) is 0 Å². The normalized spacial score (nSPS) is 24.4. The summed E-state index contributed by atoms with van der Waals surface area (Å²) in [5, 5.41) is 0. The van der Waals surface area contributed by atoms with Crippen molar-refractivity contribution in [2.75, 3.05) is 53.4 Å². The molecule has 3 aliphatic heterocycles. The molecule has 3 saturated heterocycles. The molecule has 1 aromatic rings. The molecular formula is C24H41N3. The minimum absolute atomic E-state index is 0.911. The second-order valence-corrected chi connectivity index (χ2v) is 9.07. The molecule has 0 aromatic heterocycles. The van der Waals surface area contributed by atoms with Crippen LogP contribution in [0.2, 0.25) is 0 Å². The Labute approximate surface area is 167 Å². The summed E-state index contributed by atoms with van der Waals surface area (Å²) in [6.45, 7) is 7.90. The van der Waals surface area contributed by atoms with Crippen LogP contribution in [0.1, 0.15) is 50.5 Å². The molecule has 1 aromatic carbocycles. The maximum Gasteiger partial charge on any atom is 0.0120 e. The molecular weight excluding hydrogens is 330 g/mol. The smallest absolute Gasteiger partial charge is 0.0120 e. The third-order valence-corrected chi connectivity index (χ3v) is 6.80. The van der Waals surface area contributed by atoms with Crippen LogP contribution in [0.3, 0.4) is 0 Å². The van der Waals surface area contributed by atoms with Gasteiger partial charge in [0, 0.05) is 6.04 Å². The molecule has 0 spiro atoms. The predicted molar refractivity (Wildman–Crippen MR) is 116 cm³/mol. The van der Waals surface area contributed by atoms with Crippen LogP contribution < -0.4 is 0 Å². The molecule has 152 valence electrons. The third kappa shape index (κ3) is 7.21. The van der Waals surface area contributed by atoms with Gasteiger partial charge in [0.05, 0.1) is 0 Å². The average molecular weight is 372 g/mol. The first-order valence-corrected chi connectivity index (χ1v) is 11.4. The lowest BCUT2D eigenvalue weighted by molar-refractivity contribution is 0.103. The Morgan fingerprint density at radius 2 is 1.26 bits per heavy atom. The summed E-state index contributed by atoms with van der Waals surface area (Å²) >= 11 is 0. The molecule has 3 fully saturated rings. The molecule has 0 bridgehead atoms. The second-order valence-electron chi connectivity index (χ2n) is 9.07. The Morgan fingerprint density at radius 3 is 1.85 bits per heavy atom. The number of likely N-dealkylation sites (tertiary alicyclic amines) is 3. The summed E-state index contributed by atoms with van der Waals surface area (Å²) in [5.74, 6) is 0.911. The highest BCUT2D eigenvalue weighted by molar-refractivity contribution is 5.15. The van der Waals surface area contributed by atoms with Crippen molar-refractivity contribution in [1.29, 1.82) is 0 Å². The minimum Gasteiger partial charge on any atom is -0.306 e. The number of piperidine rings is 3. The summed E-state index contributed by atoms with van der Waals surface area (Å²) in [7, 11) is 4.46. The summed E-state index contributed by atoms with van der Waals surface area (Å²) in [5.41, 5.74) is 1.50. The van der Waals surface area contributed by atoms with Gasteiger partial charge in [0.1, 0.15) is 0 Å². The quantitative estimate of drug-likeness (QED) is 0.791. The monoisotopic (exact) mass is 371 g/mol. The van der Waals surface area contributed by atoms with Crippen molar-refractivity contribution in [2.45, 2.75) is 57.4 Å². The second kappa shape index (κ2) is 11.2. The lowest BCUT2D eigenvalue weighted by Gasteiger charge is -2.39.